The number of nitrogens with zero attached hydrogens (tertiary/aromatic N) is 1. The minimum atomic E-state index is -0.280. The molecule has 1 heterocycles. The second-order valence-corrected chi connectivity index (χ2v) is 5.19. The summed E-state index contributed by atoms with van der Waals surface area (Å²) in [4.78, 5) is 11.6. The second-order valence-electron chi connectivity index (χ2n) is 4.41. The lowest BCUT2D eigenvalue weighted by Crippen LogP contribution is -2.24. The van der Waals surface area contributed by atoms with Crippen molar-refractivity contribution < 1.29 is 9.53 Å². The normalized spacial score (nSPS) is 10.7. The third kappa shape index (κ3) is 4.20. The smallest absolute Gasteiger partial charge is 0.277 e. The Balaban J connectivity index is 1.82. The maximum Gasteiger partial charge on any atom is 0.277 e. The van der Waals surface area contributed by atoms with Gasteiger partial charge in [-0.3, -0.25) is 4.79 Å². The first-order valence-corrected chi connectivity index (χ1v) is 7.13. The number of carbonyl (C=O) groups is 1. The Kier molecular flexibility index (Phi) is 4.90. The van der Waals surface area contributed by atoms with Crippen molar-refractivity contribution in [1.29, 1.82) is 0 Å². The molecule has 2 aromatic rings. The maximum atomic E-state index is 11.6. The molecule has 0 saturated heterocycles. The Hall–Kier alpha value is -2.14. The minimum Gasteiger partial charge on any atom is -0.483 e. The van der Waals surface area contributed by atoms with Gasteiger partial charge < -0.3 is 4.74 Å². The number of aryl methyl sites for hydroxylation is 2. The fraction of sp³-hybridized carbons (Fsp3) is 0.200. The molecule has 1 aromatic heterocycles. The van der Waals surface area contributed by atoms with Gasteiger partial charge >= 0.3 is 0 Å². The highest BCUT2D eigenvalue weighted by Gasteiger charge is 2.04. The third-order valence-corrected chi connectivity index (χ3v) is 3.35. The molecule has 0 saturated carbocycles. The van der Waals surface area contributed by atoms with Gasteiger partial charge in [-0.15, -0.1) is 0 Å². The zero-order chi connectivity index (χ0) is 14.4. The fourth-order valence-electron chi connectivity index (χ4n) is 1.57. The lowest BCUT2D eigenvalue weighted by molar-refractivity contribution is -0.123. The average molecular weight is 288 g/mol. The SMILES string of the molecule is Cc1ccc(C)c(OCC(=O)N/N=C/c2ccsc2)c1. The first kappa shape index (κ1) is 14.3. The van der Waals surface area contributed by atoms with E-state index in [9.17, 15) is 4.79 Å². The zero-order valence-electron chi connectivity index (χ0n) is 11.4. The number of ether oxygens (including phenoxy) is 1. The van der Waals surface area contributed by atoms with Gasteiger partial charge in [0, 0.05) is 5.56 Å². The Morgan fingerprint density at radius 3 is 3.00 bits per heavy atom. The summed E-state index contributed by atoms with van der Waals surface area (Å²) in [7, 11) is 0. The van der Waals surface area contributed by atoms with Gasteiger partial charge in [-0.1, -0.05) is 12.1 Å². The maximum absolute atomic E-state index is 11.6. The molecule has 2 rings (SSSR count). The van der Waals surface area contributed by atoms with Crippen molar-refractivity contribution in [3.8, 4) is 5.75 Å². The van der Waals surface area contributed by atoms with Crippen LogP contribution in [-0.4, -0.2) is 18.7 Å². The van der Waals surface area contributed by atoms with Gasteiger partial charge in [0.2, 0.25) is 0 Å². The van der Waals surface area contributed by atoms with Crippen molar-refractivity contribution >= 4 is 23.5 Å². The molecule has 20 heavy (non-hydrogen) atoms. The summed E-state index contributed by atoms with van der Waals surface area (Å²) >= 11 is 1.58. The quantitative estimate of drug-likeness (QED) is 0.679. The molecule has 0 fully saturated rings. The van der Waals surface area contributed by atoms with Crippen LogP contribution in [0.15, 0.2) is 40.1 Å². The molecule has 0 spiro atoms. The van der Waals surface area contributed by atoms with Crippen LogP contribution in [0, 0.1) is 13.8 Å². The van der Waals surface area contributed by atoms with E-state index in [2.05, 4.69) is 10.5 Å². The second kappa shape index (κ2) is 6.86. The predicted molar refractivity (Wildman–Crippen MR) is 81.5 cm³/mol. The Morgan fingerprint density at radius 1 is 1.40 bits per heavy atom. The Bertz CT molecular complexity index is 606. The number of hydrogen-bond donors (Lipinski definition) is 1. The first-order valence-electron chi connectivity index (χ1n) is 6.19. The lowest BCUT2D eigenvalue weighted by atomic mass is 10.1. The van der Waals surface area contributed by atoms with Crippen LogP contribution < -0.4 is 10.2 Å². The van der Waals surface area contributed by atoms with Crippen LogP contribution in [-0.2, 0) is 4.79 Å². The molecule has 1 aromatic carbocycles. The highest BCUT2D eigenvalue weighted by Crippen LogP contribution is 2.18. The standard InChI is InChI=1S/C15H16N2O2S/c1-11-3-4-12(2)14(7-11)19-9-15(18)17-16-8-13-5-6-20-10-13/h3-8,10H,9H2,1-2H3,(H,17,18)/b16-8+. The summed E-state index contributed by atoms with van der Waals surface area (Å²) < 4.78 is 5.48. The molecular weight excluding hydrogens is 272 g/mol. The summed E-state index contributed by atoms with van der Waals surface area (Å²) in [6, 6.07) is 7.81. The topological polar surface area (TPSA) is 50.7 Å². The summed E-state index contributed by atoms with van der Waals surface area (Å²) in [6.45, 7) is 3.88. The van der Waals surface area contributed by atoms with Gasteiger partial charge in [-0.2, -0.15) is 16.4 Å². The van der Waals surface area contributed by atoms with E-state index in [1.807, 2.05) is 48.9 Å². The molecule has 0 aliphatic heterocycles. The van der Waals surface area contributed by atoms with Gasteiger partial charge in [0.15, 0.2) is 6.61 Å². The van der Waals surface area contributed by atoms with Crippen LogP contribution in [0.4, 0.5) is 0 Å². The number of nitrogens with one attached hydrogen (secondary N) is 1. The van der Waals surface area contributed by atoms with E-state index >= 15 is 0 Å². The zero-order valence-corrected chi connectivity index (χ0v) is 12.2. The molecule has 0 aliphatic carbocycles. The largest absolute Gasteiger partial charge is 0.483 e. The number of rotatable bonds is 5. The Labute approximate surface area is 122 Å². The van der Waals surface area contributed by atoms with E-state index in [0.29, 0.717) is 0 Å². The van der Waals surface area contributed by atoms with E-state index in [0.717, 1.165) is 22.4 Å². The van der Waals surface area contributed by atoms with Crippen molar-refractivity contribution in [1.82, 2.24) is 5.43 Å². The van der Waals surface area contributed by atoms with Crippen molar-refractivity contribution in [3.63, 3.8) is 0 Å². The van der Waals surface area contributed by atoms with E-state index in [1.54, 1.807) is 17.6 Å². The summed E-state index contributed by atoms with van der Waals surface area (Å²) in [5.74, 6) is 0.444. The molecule has 5 heteroatoms. The average Bonchev–Trinajstić information content (AvgIpc) is 2.93. The predicted octanol–water partition coefficient (Wildman–Crippen LogP) is 2.89. The molecule has 0 aliphatic rings. The van der Waals surface area contributed by atoms with Crippen LogP contribution >= 0.6 is 11.3 Å². The number of amides is 1. The summed E-state index contributed by atoms with van der Waals surface area (Å²) in [5, 5.41) is 7.77. The highest BCUT2D eigenvalue weighted by molar-refractivity contribution is 7.08. The minimum absolute atomic E-state index is 0.0503. The van der Waals surface area contributed by atoms with Gasteiger partial charge in [0.1, 0.15) is 5.75 Å². The van der Waals surface area contributed by atoms with Gasteiger partial charge in [0.05, 0.1) is 6.21 Å². The summed E-state index contributed by atoms with van der Waals surface area (Å²) in [5.41, 5.74) is 5.50. The molecule has 104 valence electrons. The van der Waals surface area contributed by atoms with Crippen molar-refractivity contribution in [2.45, 2.75) is 13.8 Å². The molecule has 0 unspecified atom stereocenters. The summed E-state index contributed by atoms with van der Waals surface area (Å²) in [6.07, 6.45) is 1.60. The molecule has 0 atom stereocenters. The number of thiophene rings is 1. The van der Waals surface area contributed by atoms with Crippen LogP contribution in [0.3, 0.4) is 0 Å². The van der Waals surface area contributed by atoms with Crippen LogP contribution in [0.25, 0.3) is 0 Å². The van der Waals surface area contributed by atoms with E-state index in [4.69, 9.17) is 4.74 Å². The van der Waals surface area contributed by atoms with Crippen LogP contribution in [0.1, 0.15) is 16.7 Å². The van der Waals surface area contributed by atoms with Gasteiger partial charge in [0.25, 0.3) is 5.91 Å². The van der Waals surface area contributed by atoms with E-state index < -0.39 is 0 Å². The van der Waals surface area contributed by atoms with E-state index in [1.165, 1.54) is 0 Å². The molecule has 0 bridgehead atoms. The van der Waals surface area contributed by atoms with Crippen molar-refractivity contribution in [3.05, 3.63) is 51.7 Å². The van der Waals surface area contributed by atoms with Crippen LogP contribution in [0.5, 0.6) is 5.75 Å². The lowest BCUT2D eigenvalue weighted by Gasteiger charge is -2.08. The fourth-order valence-corrected chi connectivity index (χ4v) is 2.18. The number of hydrogen-bond acceptors (Lipinski definition) is 4. The molecule has 1 N–H and O–H groups in total. The van der Waals surface area contributed by atoms with Gasteiger partial charge in [-0.05, 0) is 47.9 Å². The molecule has 0 radical (unpaired) electrons. The van der Waals surface area contributed by atoms with Crippen molar-refractivity contribution in [2.75, 3.05) is 6.61 Å². The molecule has 1 amide bonds. The molecular formula is C15H16N2O2S. The van der Waals surface area contributed by atoms with E-state index in [-0.39, 0.29) is 12.5 Å². The van der Waals surface area contributed by atoms with Gasteiger partial charge in [-0.25, -0.2) is 5.43 Å². The highest BCUT2D eigenvalue weighted by atomic mass is 32.1. The third-order valence-electron chi connectivity index (χ3n) is 2.65. The van der Waals surface area contributed by atoms with Crippen molar-refractivity contribution in [2.24, 2.45) is 5.10 Å². The monoisotopic (exact) mass is 288 g/mol. The number of hydrazone groups is 1. The first-order chi connectivity index (χ1) is 9.65. The number of benzene rings is 1. The number of carbonyl (C=O) groups excluding carboxylic acids is 1. The Morgan fingerprint density at radius 2 is 2.25 bits per heavy atom. The molecule has 4 nitrogen and oxygen atoms in total. The van der Waals surface area contributed by atoms with Crippen LogP contribution in [0.2, 0.25) is 0 Å².